The summed E-state index contributed by atoms with van der Waals surface area (Å²) >= 11 is 3.49. The molecule has 0 bridgehead atoms. The minimum absolute atomic E-state index is 0.334. The number of hydrogen-bond donors (Lipinski definition) is 0. The molecule has 0 aromatic carbocycles. The highest BCUT2D eigenvalue weighted by Crippen LogP contribution is 2.27. The molecule has 7 heteroatoms. The fourth-order valence-electron chi connectivity index (χ4n) is 4.02. The molecule has 0 N–H and O–H groups in total. The van der Waals surface area contributed by atoms with Crippen LogP contribution in [0.15, 0.2) is 39.7 Å². The first kappa shape index (κ1) is 19.3. The molecule has 4 heterocycles. The van der Waals surface area contributed by atoms with Crippen LogP contribution in [0.5, 0.6) is 0 Å². The standard InChI is InChI=1S/C20H26N2O2S3/c23-27(24)13-9-22(10-14-27)19-1-6-21(7-2-19)8-3-20(17-4-11-25-15-17)18-5-12-26-16-18/h3-5,11-12,15-16,19H,1-2,6-10,13-14H2. The third kappa shape index (κ3) is 4.90. The molecule has 2 aliphatic rings. The van der Waals surface area contributed by atoms with Crippen LogP contribution in [0.25, 0.3) is 5.57 Å². The highest BCUT2D eigenvalue weighted by molar-refractivity contribution is 7.91. The second-order valence-corrected chi connectivity index (χ2v) is 11.2. The van der Waals surface area contributed by atoms with Crippen molar-refractivity contribution in [3.63, 3.8) is 0 Å². The van der Waals surface area contributed by atoms with E-state index in [0.29, 0.717) is 30.6 Å². The van der Waals surface area contributed by atoms with Crippen molar-refractivity contribution in [2.75, 3.05) is 44.2 Å². The van der Waals surface area contributed by atoms with Gasteiger partial charge in [0.2, 0.25) is 0 Å². The maximum atomic E-state index is 11.6. The van der Waals surface area contributed by atoms with Gasteiger partial charge in [-0.25, -0.2) is 8.42 Å². The van der Waals surface area contributed by atoms with Gasteiger partial charge >= 0.3 is 0 Å². The Labute approximate surface area is 170 Å². The van der Waals surface area contributed by atoms with Crippen molar-refractivity contribution < 1.29 is 8.42 Å². The molecule has 2 aromatic rings. The second-order valence-electron chi connectivity index (χ2n) is 7.36. The van der Waals surface area contributed by atoms with Crippen LogP contribution in [-0.2, 0) is 9.84 Å². The number of likely N-dealkylation sites (tertiary alicyclic amines) is 1. The van der Waals surface area contributed by atoms with Gasteiger partial charge in [0.15, 0.2) is 9.84 Å². The quantitative estimate of drug-likeness (QED) is 0.740. The molecule has 0 radical (unpaired) electrons. The number of piperidine rings is 1. The molecule has 0 spiro atoms. The van der Waals surface area contributed by atoms with Crippen LogP contribution < -0.4 is 0 Å². The highest BCUT2D eigenvalue weighted by Gasteiger charge is 2.29. The first-order valence-electron chi connectivity index (χ1n) is 9.53. The van der Waals surface area contributed by atoms with Crippen molar-refractivity contribution in [2.45, 2.75) is 18.9 Å². The first-order chi connectivity index (χ1) is 13.1. The normalized spacial score (nSPS) is 21.9. The summed E-state index contributed by atoms with van der Waals surface area (Å²) in [6.07, 6.45) is 4.65. The summed E-state index contributed by atoms with van der Waals surface area (Å²) in [6.45, 7) is 4.58. The van der Waals surface area contributed by atoms with Crippen LogP contribution in [0.2, 0.25) is 0 Å². The van der Waals surface area contributed by atoms with Crippen molar-refractivity contribution in [3.05, 3.63) is 50.9 Å². The molecular weight excluding hydrogens is 396 g/mol. The summed E-state index contributed by atoms with van der Waals surface area (Å²) in [7, 11) is -2.78. The zero-order valence-corrected chi connectivity index (χ0v) is 17.9. The van der Waals surface area contributed by atoms with Gasteiger partial charge in [-0.15, -0.1) is 0 Å². The van der Waals surface area contributed by atoms with E-state index >= 15 is 0 Å². The van der Waals surface area contributed by atoms with Crippen molar-refractivity contribution in [2.24, 2.45) is 0 Å². The van der Waals surface area contributed by atoms with Crippen molar-refractivity contribution in [3.8, 4) is 0 Å². The minimum Gasteiger partial charge on any atom is -0.300 e. The molecule has 0 amide bonds. The van der Waals surface area contributed by atoms with Crippen LogP contribution in [0.4, 0.5) is 0 Å². The second kappa shape index (κ2) is 8.57. The predicted octanol–water partition coefficient (Wildman–Crippen LogP) is 3.44. The summed E-state index contributed by atoms with van der Waals surface area (Å²) in [5, 5.41) is 8.72. The molecule has 2 fully saturated rings. The number of hydrogen-bond acceptors (Lipinski definition) is 6. The van der Waals surface area contributed by atoms with Crippen molar-refractivity contribution in [1.82, 2.24) is 9.80 Å². The van der Waals surface area contributed by atoms with Crippen LogP contribution in [0, 0.1) is 0 Å². The molecule has 146 valence electrons. The molecule has 0 saturated carbocycles. The zero-order valence-electron chi connectivity index (χ0n) is 15.4. The van der Waals surface area contributed by atoms with Gasteiger partial charge in [0, 0.05) is 25.7 Å². The van der Waals surface area contributed by atoms with Gasteiger partial charge in [-0.05, 0) is 76.3 Å². The largest absolute Gasteiger partial charge is 0.300 e. The number of thiophene rings is 2. The van der Waals surface area contributed by atoms with E-state index in [9.17, 15) is 8.42 Å². The Balaban J connectivity index is 1.34. The van der Waals surface area contributed by atoms with E-state index in [4.69, 9.17) is 0 Å². The van der Waals surface area contributed by atoms with Gasteiger partial charge in [0.1, 0.15) is 0 Å². The van der Waals surface area contributed by atoms with Gasteiger partial charge in [-0.3, -0.25) is 9.80 Å². The summed E-state index contributed by atoms with van der Waals surface area (Å²) < 4.78 is 23.3. The molecule has 4 rings (SSSR count). The zero-order chi connectivity index (χ0) is 18.7. The van der Waals surface area contributed by atoms with Gasteiger partial charge < -0.3 is 0 Å². The summed E-state index contributed by atoms with van der Waals surface area (Å²) in [5.74, 6) is 0.668. The van der Waals surface area contributed by atoms with E-state index in [0.717, 1.165) is 32.5 Å². The van der Waals surface area contributed by atoms with Crippen LogP contribution in [0.1, 0.15) is 24.0 Å². The molecule has 2 saturated heterocycles. The molecule has 0 unspecified atom stereocenters. The summed E-state index contributed by atoms with van der Waals surface area (Å²) in [6, 6.07) is 4.95. The number of sulfone groups is 1. The van der Waals surface area contributed by atoms with Gasteiger partial charge in [-0.1, -0.05) is 6.08 Å². The summed E-state index contributed by atoms with van der Waals surface area (Å²) in [4.78, 5) is 4.92. The molecule has 0 atom stereocenters. The molecule has 2 aromatic heterocycles. The summed E-state index contributed by atoms with van der Waals surface area (Å²) in [5.41, 5.74) is 3.95. The average molecular weight is 423 g/mol. The van der Waals surface area contributed by atoms with Crippen LogP contribution in [-0.4, -0.2) is 68.5 Å². The van der Waals surface area contributed by atoms with Gasteiger partial charge in [0.05, 0.1) is 11.5 Å². The lowest BCUT2D eigenvalue weighted by Crippen LogP contribution is -2.50. The monoisotopic (exact) mass is 422 g/mol. The Morgan fingerprint density at radius 3 is 2.11 bits per heavy atom. The lowest BCUT2D eigenvalue weighted by molar-refractivity contribution is 0.122. The van der Waals surface area contributed by atoms with Gasteiger partial charge in [-0.2, -0.15) is 22.7 Å². The Kier molecular flexibility index (Phi) is 6.14. The van der Waals surface area contributed by atoms with Crippen molar-refractivity contribution in [1.29, 1.82) is 0 Å². The highest BCUT2D eigenvalue weighted by atomic mass is 32.2. The number of nitrogens with zero attached hydrogens (tertiary/aromatic N) is 2. The molecule has 0 aliphatic carbocycles. The number of rotatable bonds is 5. The van der Waals surface area contributed by atoms with Gasteiger partial charge in [0.25, 0.3) is 0 Å². The maximum Gasteiger partial charge on any atom is 0.152 e. The lowest BCUT2D eigenvalue weighted by Gasteiger charge is -2.39. The smallest absolute Gasteiger partial charge is 0.152 e. The lowest BCUT2D eigenvalue weighted by atomic mass is 10.0. The Hall–Kier alpha value is -0.990. The molecular formula is C20H26N2O2S3. The fourth-order valence-corrected chi connectivity index (χ4v) is 6.56. The Morgan fingerprint density at radius 2 is 1.59 bits per heavy atom. The SMILES string of the molecule is O=S1(=O)CCN(C2CCN(CC=C(c3ccsc3)c3ccsc3)CC2)CC1. The van der Waals surface area contributed by atoms with Crippen LogP contribution >= 0.6 is 22.7 Å². The molecule has 4 nitrogen and oxygen atoms in total. The molecule has 2 aliphatic heterocycles. The van der Waals surface area contributed by atoms with E-state index in [1.807, 2.05) is 0 Å². The minimum atomic E-state index is -2.78. The topological polar surface area (TPSA) is 40.6 Å². The Bertz CT molecular complexity index is 799. The van der Waals surface area contributed by atoms with Crippen molar-refractivity contribution >= 4 is 38.1 Å². The Morgan fingerprint density at radius 1 is 1.00 bits per heavy atom. The first-order valence-corrected chi connectivity index (χ1v) is 13.2. The third-order valence-electron chi connectivity index (χ3n) is 5.67. The average Bonchev–Trinajstić information content (AvgIpc) is 3.37. The van der Waals surface area contributed by atoms with E-state index in [2.05, 4.69) is 49.5 Å². The maximum absolute atomic E-state index is 11.6. The fraction of sp³-hybridized carbons (Fsp3) is 0.500. The van der Waals surface area contributed by atoms with E-state index in [1.54, 1.807) is 22.7 Å². The van der Waals surface area contributed by atoms with Crippen LogP contribution in [0.3, 0.4) is 0 Å². The molecule has 27 heavy (non-hydrogen) atoms. The third-order valence-corrected chi connectivity index (χ3v) is 8.65. The van der Waals surface area contributed by atoms with E-state index < -0.39 is 9.84 Å². The van der Waals surface area contributed by atoms with E-state index in [1.165, 1.54) is 16.7 Å². The predicted molar refractivity (Wildman–Crippen MR) is 115 cm³/mol. The van der Waals surface area contributed by atoms with E-state index in [-0.39, 0.29) is 0 Å².